The highest BCUT2D eigenvalue weighted by Gasteiger charge is 2.24. The van der Waals surface area contributed by atoms with Gasteiger partial charge in [-0.1, -0.05) is 13.3 Å². The van der Waals surface area contributed by atoms with Crippen LogP contribution < -0.4 is 5.73 Å². The molecule has 12 heavy (non-hydrogen) atoms. The molecule has 1 aliphatic rings. The molecule has 2 N–H and O–H groups in total. The molecule has 1 aliphatic heterocycles. The number of hydrogen-bond donors (Lipinski definition) is 1. The summed E-state index contributed by atoms with van der Waals surface area (Å²) in [4.78, 5) is 2.50. The third kappa shape index (κ3) is 3.11. The molecule has 0 spiro atoms. The van der Waals surface area contributed by atoms with Crippen molar-refractivity contribution in [2.45, 2.75) is 38.1 Å². The van der Waals surface area contributed by atoms with E-state index in [1.807, 2.05) is 0 Å². The van der Waals surface area contributed by atoms with Crippen molar-refractivity contribution in [3.05, 3.63) is 6.92 Å². The molecule has 1 saturated heterocycles. The van der Waals surface area contributed by atoms with E-state index in [1.165, 1.54) is 26.1 Å². The van der Waals surface area contributed by atoms with E-state index in [1.54, 1.807) is 0 Å². The Balaban J connectivity index is 2.18. The molecule has 1 fully saturated rings. The third-order valence-electron chi connectivity index (χ3n) is 2.72. The molecule has 2 heteroatoms. The Bertz CT molecular complexity index is 122. The maximum Gasteiger partial charge on any atom is 0.0150 e. The van der Waals surface area contributed by atoms with Crippen LogP contribution in [0, 0.1) is 6.92 Å². The fourth-order valence-electron chi connectivity index (χ4n) is 1.62. The molecule has 1 rings (SSSR count). The van der Waals surface area contributed by atoms with Gasteiger partial charge >= 0.3 is 0 Å². The molecular weight excluding hydrogens is 148 g/mol. The maximum atomic E-state index is 6.03. The monoisotopic (exact) mass is 169 g/mol. The first kappa shape index (κ1) is 10.0. The standard InChI is InChI=1S/C10H21N2/c1-3-4-7-12-8-5-10(2,11)6-9-12/h1,3-9,11H2,2H3. The molecular formula is C10H21N2. The second-order valence-electron chi connectivity index (χ2n) is 4.20. The second-order valence-corrected chi connectivity index (χ2v) is 4.20. The number of rotatable bonds is 3. The Labute approximate surface area is 76.1 Å². The summed E-state index contributed by atoms with van der Waals surface area (Å²) in [5.74, 6) is 0. The molecule has 2 nitrogen and oxygen atoms in total. The van der Waals surface area contributed by atoms with Gasteiger partial charge in [0.15, 0.2) is 0 Å². The summed E-state index contributed by atoms with van der Waals surface area (Å²) >= 11 is 0. The van der Waals surface area contributed by atoms with E-state index in [0.717, 1.165) is 19.3 Å². The van der Waals surface area contributed by atoms with Crippen molar-refractivity contribution in [2.24, 2.45) is 5.73 Å². The molecule has 0 unspecified atom stereocenters. The van der Waals surface area contributed by atoms with E-state index >= 15 is 0 Å². The largest absolute Gasteiger partial charge is 0.325 e. The maximum absolute atomic E-state index is 6.03. The van der Waals surface area contributed by atoms with Crippen LogP contribution >= 0.6 is 0 Å². The van der Waals surface area contributed by atoms with Gasteiger partial charge in [-0.25, -0.2) is 0 Å². The lowest BCUT2D eigenvalue weighted by Gasteiger charge is -2.36. The molecule has 1 radical (unpaired) electrons. The zero-order chi connectivity index (χ0) is 9.03. The molecule has 0 aromatic rings. The van der Waals surface area contributed by atoms with Crippen LogP contribution in [0.5, 0.6) is 0 Å². The number of hydrogen-bond acceptors (Lipinski definition) is 2. The highest BCUT2D eigenvalue weighted by atomic mass is 15.1. The van der Waals surface area contributed by atoms with Gasteiger partial charge in [-0.05, 0) is 45.8 Å². The SMILES string of the molecule is [CH2]CCCN1CCC(C)(N)CC1. The molecule has 0 aromatic heterocycles. The van der Waals surface area contributed by atoms with Crippen LogP contribution in [0.3, 0.4) is 0 Å². The number of nitrogens with two attached hydrogens (primary N) is 1. The Kier molecular flexibility index (Phi) is 3.53. The zero-order valence-electron chi connectivity index (χ0n) is 8.18. The average Bonchev–Trinajstić information content (AvgIpc) is 2.03. The lowest BCUT2D eigenvalue weighted by molar-refractivity contribution is 0.170. The van der Waals surface area contributed by atoms with Crippen molar-refractivity contribution < 1.29 is 0 Å². The Morgan fingerprint density at radius 2 is 2.00 bits per heavy atom. The summed E-state index contributed by atoms with van der Waals surface area (Å²) in [5.41, 5.74) is 6.13. The van der Waals surface area contributed by atoms with E-state index < -0.39 is 0 Å². The van der Waals surface area contributed by atoms with Crippen molar-refractivity contribution in [1.29, 1.82) is 0 Å². The van der Waals surface area contributed by atoms with Gasteiger partial charge in [-0.2, -0.15) is 0 Å². The van der Waals surface area contributed by atoms with Gasteiger partial charge in [0, 0.05) is 5.54 Å². The Morgan fingerprint density at radius 1 is 1.42 bits per heavy atom. The normalized spacial score (nSPS) is 24.2. The minimum atomic E-state index is 0.0982. The van der Waals surface area contributed by atoms with Crippen LogP contribution in [0.1, 0.15) is 32.6 Å². The summed E-state index contributed by atoms with van der Waals surface area (Å²) in [5, 5.41) is 0. The number of nitrogens with zero attached hydrogens (tertiary/aromatic N) is 1. The summed E-state index contributed by atoms with van der Waals surface area (Å²) in [7, 11) is 0. The molecule has 0 atom stereocenters. The number of unbranched alkanes of at least 4 members (excludes halogenated alkanes) is 1. The molecule has 0 aromatic carbocycles. The van der Waals surface area contributed by atoms with Crippen LogP contribution in [-0.2, 0) is 0 Å². The van der Waals surface area contributed by atoms with E-state index in [4.69, 9.17) is 5.73 Å². The molecule has 1 heterocycles. The van der Waals surface area contributed by atoms with Crippen molar-refractivity contribution >= 4 is 0 Å². The molecule has 0 bridgehead atoms. The minimum absolute atomic E-state index is 0.0982. The fraction of sp³-hybridized carbons (Fsp3) is 0.900. The van der Waals surface area contributed by atoms with Crippen LogP contribution in [0.25, 0.3) is 0 Å². The van der Waals surface area contributed by atoms with Gasteiger partial charge in [0.05, 0.1) is 0 Å². The minimum Gasteiger partial charge on any atom is -0.325 e. The van der Waals surface area contributed by atoms with Crippen molar-refractivity contribution in [3.63, 3.8) is 0 Å². The van der Waals surface area contributed by atoms with Gasteiger partial charge in [-0.15, -0.1) is 0 Å². The van der Waals surface area contributed by atoms with Gasteiger partial charge < -0.3 is 10.6 Å². The average molecular weight is 169 g/mol. The number of likely N-dealkylation sites (tertiary alicyclic amines) is 1. The topological polar surface area (TPSA) is 29.3 Å². The van der Waals surface area contributed by atoms with E-state index in [-0.39, 0.29) is 5.54 Å². The van der Waals surface area contributed by atoms with Gasteiger partial charge in [0.25, 0.3) is 0 Å². The van der Waals surface area contributed by atoms with Crippen LogP contribution in [0.15, 0.2) is 0 Å². The second kappa shape index (κ2) is 4.24. The van der Waals surface area contributed by atoms with Crippen LogP contribution in [0.4, 0.5) is 0 Å². The first-order chi connectivity index (χ1) is 5.64. The molecule has 0 amide bonds. The molecule has 71 valence electrons. The lowest BCUT2D eigenvalue weighted by Crippen LogP contribution is -2.48. The lowest BCUT2D eigenvalue weighted by atomic mass is 9.91. The predicted octanol–water partition coefficient (Wildman–Crippen LogP) is 1.41. The Hall–Kier alpha value is -0.0800. The summed E-state index contributed by atoms with van der Waals surface area (Å²) < 4.78 is 0. The predicted molar refractivity (Wildman–Crippen MR) is 52.9 cm³/mol. The summed E-state index contributed by atoms with van der Waals surface area (Å²) in [6.45, 7) is 9.56. The van der Waals surface area contributed by atoms with Gasteiger partial charge in [0.2, 0.25) is 0 Å². The Morgan fingerprint density at radius 3 is 2.50 bits per heavy atom. The first-order valence-corrected chi connectivity index (χ1v) is 4.94. The smallest absolute Gasteiger partial charge is 0.0150 e. The van der Waals surface area contributed by atoms with Crippen molar-refractivity contribution in [2.75, 3.05) is 19.6 Å². The van der Waals surface area contributed by atoms with Gasteiger partial charge in [0.1, 0.15) is 0 Å². The van der Waals surface area contributed by atoms with E-state index in [2.05, 4.69) is 18.7 Å². The quantitative estimate of drug-likeness (QED) is 0.692. The van der Waals surface area contributed by atoms with Crippen molar-refractivity contribution in [1.82, 2.24) is 4.90 Å². The van der Waals surface area contributed by atoms with Gasteiger partial charge in [-0.3, -0.25) is 0 Å². The molecule has 0 saturated carbocycles. The summed E-state index contributed by atoms with van der Waals surface area (Å²) in [6, 6.07) is 0. The first-order valence-electron chi connectivity index (χ1n) is 4.94. The van der Waals surface area contributed by atoms with Crippen molar-refractivity contribution in [3.8, 4) is 0 Å². The van der Waals surface area contributed by atoms with E-state index in [0.29, 0.717) is 0 Å². The number of piperidine rings is 1. The van der Waals surface area contributed by atoms with E-state index in [9.17, 15) is 0 Å². The summed E-state index contributed by atoms with van der Waals surface area (Å²) in [6.07, 6.45) is 4.56. The fourth-order valence-corrected chi connectivity index (χ4v) is 1.62. The van der Waals surface area contributed by atoms with Crippen LogP contribution in [-0.4, -0.2) is 30.1 Å². The zero-order valence-corrected chi connectivity index (χ0v) is 8.18. The van der Waals surface area contributed by atoms with Crippen LogP contribution in [0.2, 0.25) is 0 Å². The highest BCUT2D eigenvalue weighted by Crippen LogP contribution is 2.18. The molecule has 0 aliphatic carbocycles. The highest BCUT2D eigenvalue weighted by molar-refractivity contribution is 4.85. The third-order valence-corrected chi connectivity index (χ3v) is 2.72.